The fourth-order valence-corrected chi connectivity index (χ4v) is 1.47. The number of halogens is 10. The molecular formula is C10H12F10. The van der Waals surface area contributed by atoms with Gasteiger partial charge >= 0.3 is 18.3 Å². The van der Waals surface area contributed by atoms with Crippen LogP contribution in [0.25, 0.3) is 0 Å². The Bertz CT molecular complexity index is 311. The highest BCUT2D eigenvalue weighted by molar-refractivity contribution is 4.92. The molecule has 0 radical (unpaired) electrons. The summed E-state index contributed by atoms with van der Waals surface area (Å²) < 4.78 is 126. The maximum absolute atomic E-state index is 13.0. The minimum atomic E-state index is -5.88. The fourth-order valence-electron chi connectivity index (χ4n) is 1.47. The van der Waals surface area contributed by atoms with E-state index < -0.39 is 48.9 Å². The third-order valence-electron chi connectivity index (χ3n) is 2.59. The van der Waals surface area contributed by atoms with E-state index in [9.17, 15) is 43.9 Å². The van der Waals surface area contributed by atoms with Gasteiger partial charge in [0.25, 0.3) is 0 Å². The molecule has 1 atom stereocenters. The molecule has 0 fully saturated rings. The zero-order chi connectivity index (χ0) is 16.6. The predicted octanol–water partition coefficient (Wildman–Crippen LogP) is 5.23. The maximum atomic E-state index is 13.0. The zero-order valence-electron chi connectivity index (χ0n) is 10.3. The molecule has 0 bridgehead atoms. The average molecular weight is 322 g/mol. The quantitative estimate of drug-likeness (QED) is 0.563. The van der Waals surface area contributed by atoms with E-state index in [2.05, 4.69) is 0 Å². The van der Waals surface area contributed by atoms with E-state index in [-0.39, 0.29) is 13.8 Å². The van der Waals surface area contributed by atoms with Gasteiger partial charge < -0.3 is 0 Å². The van der Waals surface area contributed by atoms with Crippen molar-refractivity contribution in [2.75, 3.05) is 0 Å². The van der Waals surface area contributed by atoms with Crippen LogP contribution in [0.15, 0.2) is 0 Å². The number of alkyl halides is 10. The van der Waals surface area contributed by atoms with E-state index in [1.54, 1.807) is 0 Å². The fraction of sp³-hybridized carbons (Fsp3) is 1.00. The zero-order valence-corrected chi connectivity index (χ0v) is 10.3. The molecule has 0 N–H and O–H groups in total. The van der Waals surface area contributed by atoms with Crippen molar-refractivity contribution in [3.63, 3.8) is 0 Å². The summed E-state index contributed by atoms with van der Waals surface area (Å²) >= 11 is 0. The van der Waals surface area contributed by atoms with Crippen LogP contribution in [0.3, 0.4) is 0 Å². The number of hydrogen-bond acceptors (Lipinski definition) is 0. The summed E-state index contributed by atoms with van der Waals surface area (Å²) in [5.74, 6) is -22.3. The molecule has 0 aromatic rings. The lowest BCUT2D eigenvalue weighted by Crippen LogP contribution is -2.49. The van der Waals surface area contributed by atoms with Crippen LogP contribution in [0.5, 0.6) is 0 Å². The summed E-state index contributed by atoms with van der Waals surface area (Å²) in [5.41, 5.74) is 0. The van der Waals surface area contributed by atoms with Crippen molar-refractivity contribution in [3.05, 3.63) is 0 Å². The third-order valence-corrected chi connectivity index (χ3v) is 2.59. The van der Waals surface area contributed by atoms with Crippen LogP contribution in [-0.2, 0) is 0 Å². The van der Waals surface area contributed by atoms with Gasteiger partial charge in [0, 0.05) is 18.8 Å². The lowest BCUT2D eigenvalue weighted by molar-refractivity contribution is -0.277. The van der Waals surface area contributed by atoms with Crippen molar-refractivity contribution in [1.29, 1.82) is 0 Å². The third kappa shape index (κ3) is 5.01. The first kappa shape index (κ1) is 19.3. The second-order valence-electron chi connectivity index (χ2n) is 4.76. The molecule has 0 nitrogen and oxygen atoms in total. The molecular weight excluding hydrogens is 310 g/mol. The van der Waals surface area contributed by atoms with Crippen LogP contribution >= 0.6 is 0 Å². The van der Waals surface area contributed by atoms with Gasteiger partial charge in [-0.2, -0.15) is 17.6 Å². The highest BCUT2D eigenvalue weighted by atomic mass is 19.3. The Hall–Kier alpha value is -0.700. The van der Waals surface area contributed by atoms with Crippen LogP contribution in [-0.4, -0.2) is 30.1 Å². The van der Waals surface area contributed by atoms with Gasteiger partial charge in [0.15, 0.2) is 0 Å². The SMILES string of the molecule is CC(F)(F)CC(CC(F)(F)C(F)(F)C(F)F)C(C)(F)F. The molecule has 10 heteroatoms. The van der Waals surface area contributed by atoms with E-state index in [0.29, 0.717) is 0 Å². The number of rotatable bonds is 7. The Balaban J connectivity index is 5.27. The maximum Gasteiger partial charge on any atom is 0.369 e. The van der Waals surface area contributed by atoms with Gasteiger partial charge in [-0.15, -0.1) is 0 Å². The minimum Gasteiger partial charge on any atom is -0.207 e. The molecule has 20 heavy (non-hydrogen) atoms. The molecule has 0 saturated heterocycles. The van der Waals surface area contributed by atoms with E-state index in [4.69, 9.17) is 0 Å². The highest BCUT2D eigenvalue weighted by Crippen LogP contribution is 2.47. The molecule has 0 saturated carbocycles. The standard InChI is InChI=1S/C10H12F10/c1-7(13,14)3-5(8(2,15)16)4-9(17,18)10(19,20)6(11)12/h5-6H,3-4H2,1-2H3. The van der Waals surface area contributed by atoms with Gasteiger partial charge in [0.05, 0.1) is 0 Å². The van der Waals surface area contributed by atoms with Crippen LogP contribution < -0.4 is 0 Å². The summed E-state index contributed by atoms with van der Waals surface area (Å²) in [6.45, 7) is 0.120. The molecule has 0 heterocycles. The van der Waals surface area contributed by atoms with Crippen LogP contribution in [0.2, 0.25) is 0 Å². The van der Waals surface area contributed by atoms with E-state index in [1.165, 1.54) is 0 Å². The van der Waals surface area contributed by atoms with Crippen LogP contribution in [0.4, 0.5) is 43.9 Å². The lowest BCUT2D eigenvalue weighted by atomic mass is 9.87. The molecule has 122 valence electrons. The normalized spacial score (nSPS) is 16.6. The molecule has 0 aromatic heterocycles. The van der Waals surface area contributed by atoms with Crippen molar-refractivity contribution in [1.82, 2.24) is 0 Å². The number of hydrogen-bond donors (Lipinski definition) is 0. The van der Waals surface area contributed by atoms with Gasteiger partial charge in [0.2, 0.25) is 11.8 Å². The first-order valence-corrected chi connectivity index (χ1v) is 5.30. The molecule has 1 unspecified atom stereocenters. The largest absolute Gasteiger partial charge is 0.369 e. The lowest BCUT2D eigenvalue weighted by Gasteiger charge is -2.32. The van der Waals surface area contributed by atoms with Crippen LogP contribution in [0, 0.1) is 5.92 Å². The molecule has 0 amide bonds. The van der Waals surface area contributed by atoms with Gasteiger partial charge in [-0.3, -0.25) is 0 Å². The van der Waals surface area contributed by atoms with Crippen molar-refractivity contribution >= 4 is 0 Å². The molecule has 0 aliphatic rings. The molecule has 0 aromatic carbocycles. The Morgan fingerprint density at radius 3 is 1.40 bits per heavy atom. The smallest absolute Gasteiger partial charge is 0.207 e. The van der Waals surface area contributed by atoms with E-state index in [1.807, 2.05) is 0 Å². The van der Waals surface area contributed by atoms with Gasteiger partial charge in [-0.25, -0.2) is 26.3 Å². The Labute approximate surface area is 108 Å². The summed E-state index contributed by atoms with van der Waals surface area (Å²) in [6, 6.07) is 0. The van der Waals surface area contributed by atoms with Crippen LogP contribution in [0.1, 0.15) is 26.7 Å². The minimum absolute atomic E-state index is 0.0139. The van der Waals surface area contributed by atoms with E-state index >= 15 is 0 Å². The summed E-state index contributed by atoms with van der Waals surface area (Å²) in [7, 11) is 0. The summed E-state index contributed by atoms with van der Waals surface area (Å²) in [6.07, 6.45) is -9.10. The van der Waals surface area contributed by atoms with Crippen molar-refractivity contribution in [2.24, 2.45) is 5.92 Å². The van der Waals surface area contributed by atoms with Crippen molar-refractivity contribution < 1.29 is 43.9 Å². The summed E-state index contributed by atoms with van der Waals surface area (Å²) in [5, 5.41) is 0. The monoisotopic (exact) mass is 322 g/mol. The summed E-state index contributed by atoms with van der Waals surface area (Å²) in [4.78, 5) is 0. The molecule has 0 spiro atoms. The predicted molar refractivity (Wildman–Crippen MR) is 49.9 cm³/mol. The van der Waals surface area contributed by atoms with Gasteiger partial charge in [-0.05, 0) is 13.8 Å². The molecule has 0 rings (SSSR count). The highest BCUT2D eigenvalue weighted by Gasteiger charge is 2.64. The van der Waals surface area contributed by atoms with E-state index in [0.717, 1.165) is 0 Å². The first-order valence-electron chi connectivity index (χ1n) is 5.30. The van der Waals surface area contributed by atoms with Crippen molar-refractivity contribution in [3.8, 4) is 0 Å². The second kappa shape index (κ2) is 5.59. The average Bonchev–Trinajstić information content (AvgIpc) is 2.11. The first-order chi connectivity index (χ1) is 8.51. The van der Waals surface area contributed by atoms with Crippen molar-refractivity contribution in [2.45, 2.75) is 56.8 Å². The Morgan fingerprint density at radius 1 is 0.750 bits per heavy atom. The van der Waals surface area contributed by atoms with Gasteiger partial charge in [-0.1, -0.05) is 0 Å². The topological polar surface area (TPSA) is 0 Å². The van der Waals surface area contributed by atoms with Gasteiger partial charge in [0.1, 0.15) is 0 Å². The molecule has 0 aliphatic carbocycles. The Kier molecular flexibility index (Phi) is 5.39. The molecule has 0 aliphatic heterocycles. The Morgan fingerprint density at radius 2 is 1.15 bits per heavy atom. The second-order valence-corrected chi connectivity index (χ2v) is 4.76.